The van der Waals surface area contributed by atoms with Crippen LogP contribution in [0.3, 0.4) is 0 Å². The maximum atomic E-state index is 12.5. The topological polar surface area (TPSA) is 58.2 Å². The van der Waals surface area contributed by atoms with Gasteiger partial charge in [0, 0.05) is 28.6 Å². The summed E-state index contributed by atoms with van der Waals surface area (Å²) in [4.78, 5) is 25.0. The van der Waals surface area contributed by atoms with Crippen molar-refractivity contribution in [2.75, 3.05) is 12.3 Å². The number of hydrogen-bond donors (Lipinski definition) is 2. The molecule has 0 heterocycles. The first-order chi connectivity index (χ1) is 12.0. The van der Waals surface area contributed by atoms with Crippen molar-refractivity contribution in [2.24, 2.45) is 5.92 Å². The van der Waals surface area contributed by atoms with E-state index in [2.05, 4.69) is 40.4 Å². The molecule has 1 aromatic carbocycles. The summed E-state index contributed by atoms with van der Waals surface area (Å²) < 4.78 is 1.000. The highest BCUT2D eigenvalue weighted by Gasteiger charge is 2.20. The Morgan fingerprint density at radius 1 is 1.28 bits per heavy atom. The van der Waals surface area contributed by atoms with Crippen molar-refractivity contribution in [1.29, 1.82) is 0 Å². The second-order valence-electron chi connectivity index (χ2n) is 6.18. The third-order valence-electron chi connectivity index (χ3n) is 4.01. The second-order valence-corrected chi connectivity index (χ2v) is 8.19. The van der Waals surface area contributed by atoms with E-state index in [-0.39, 0.29) is 11.8 Å². The lowest BCUT2D eigenvalue weighted by atomic mass is 9.99. The van der Waals surface area contributed by atoms with Gasteiger partial charge in [-0.1, -0.05) is 55.1 Å². The van der Waals surface area contributed by atoms with Gasteiger partial charge < -0.3 is 10.6 Å². The SMILES string of the molecule is CCCCC(CC)CNC(=O)C(CSc1cccc(Br)c1)NC(C)=O. The van der Waals surface area contributed by atoms with E-state index in [1.165, 1.54) is 19.8 Å². The van der Waals surface area contributed by atoms with E-state index in [0.717, 1.165) is 22.2 Å². The average molecular weight is 429 g/mol. The van der Waals surface area contributed by atoms with Crippen LogP contribution in [0.5, 0.6) is 0 Å². The Morgan fingerprint density at radius 2 is 2.04 bits per heavy atom. The minimum absolute atomic E-state index is 0.104. The van der Waals surface area contributed by atoms with E-state index in [0.29, 0.717) is 18.2 Å². The molecule has 0 radical (unpaired) electrons. The van der Waals surface area contributed by atoms with E-state index in [1.807, 2.05) is 24.3 Å². The van der Waals surface area contributed by atoms with Crippen LogP contribution in [0.4, 0.5) is 0 Å². The third kappa shape index (κ3) is 9.31. The summed E-state index contributed by atoms with van der Waals surface area (Å²) in [6.45, 7) is 6.45. The van der Waals surface area contributed by atoms with Gasteiger partial charge in [0.2, 0.25) is 11.8 Å². The molecule has 0 aliphatic heterocycles. The highest BCUT2D eigenvalue weighted by molar-refractivity contribution is 9.10. The lowest BCUT2D eigenvalue weighted by Gasteiger charge is -2.20. The number of rotatable bonds is 11. The molecule has 0 aliphatic carbocycles. The molecule has 0 fully saturated rings. The van der Waals surface area contributed by atoms with Crippen LogP contribution in [0.25, 0.3) is 0 Å². The Morgan fingerprint density at radius 3 is 2.64 bits per heavy atom. The van der Waals surface area contributed by atoms with Gasteiger partial charge in [0.15, 0.2) is 0 Å². The maximum Gasteiger partial charge on any atom is 0.243 e. The molecule has 0 aromatic heterocycles. The number of unbranched alkanes of at least 4 members (excludes halogenated alkanes) is 1. The van der Waals surface area contributed by atoms with Gasteiger partial charge in [-0.15, -0.1) is 11.8 Å². The van der Waals surface area contributed by atoms with Crippen LogP contribution in [0.15, 0.2) is 33.6 Å². The summed E-state index contributed by atoms with van der Waals surface area (Å²) in [5.41, 5.74) is 0. The smallest absolute Gasteiger partial charge is 0.243 e. The lowest BCUT2D eigenvalue weighted by molar-refractivity contribution is -0.127. The Kier molecular flexibility index (Phi) is 10.9. The zero-order chi connectivity index (χ0) is 18.7. The lowest BCUT2D eigenvalue weighted by Crippen LogP contribution is -2.48. The van der Waals surface area contributed by atoms with E-state index >= 15 is 0 Å². The predicted molar refractivity (Wildman–Crippen MR) is 109 cm³/mol. The zero-order valence-electron chi connectivity index (χ0n) is 15.3. The molecular weight excluding hydrogens is 400 g/mol. The summed E-state index contributed by atoms with van der Waals surface area (Å²) in [7, 11) is 0. The van der Waals surface area contributed by atoms with Crippen LogP contribution in [0.2, 0.25) is 0 Å². The van der Waals surface area contributed by atoms with Crippen LogP contribution in [-0.4, -0.2) is 30.2 Å². The summed E-state index contributed by atoms with van der Waals surface area (Å²) >= 11 is 5.01. The van der Waals surface area contributed by atoms with Crippen molar-refractivity contribution in [1.82, 2.24) is 10.6 Å². The van der Waals surface area contributed by atoms with Gasteiger partial charge in [-0.25, -0.2) is 0 Å². The van der Waals surface area contributed by atoms with E-state index in [1.54, 1.807) is 11.8 Å². The number of hydrogen-bond acceptors (Lipinski definition) is 3. The number of benzene rings is 1. The van der Waals surface area contributed by atoms with Crippen molar-refractivity contribution < 1.29 is 9.59 Å². The Hall–Kier alpha value is -1.01. The molecule has 2 N–H and O–H groups in total. The van der Waals surface area contributed by atoms with E-state index < -0.39 is 6.04 Å². The first kappa shape index (κ1) is 22.0. The van der Waals surface area contributed by atoms with Crippen molar-refractivity contribution in [2.45, 2.75) is 57.4 Å². The molecule has 1 rings (SSSR count). The minimum atomic E-state index is -0.523. The Bertz CT molecular complexity index is 554. The highest BCUT2D eigenvalue weighted by atomic mass is 79.9. The van der Waals surface area contributed by atoms with Crippen LogP contribution < -0.4 is 10.6 Å². The van der Waals surface area contributed by atoms with Gasteiger partial charge in [-0.05, 0) is 30.5 Å². The molecule has 0 aliphatic rings. The Labute approximate surface area is 164 Å². The van der Waals surface area contributed by atoms with Crippen molar-refractivity contribution in [3.05, 3.63) is 28.7 Å². The molecule has 0 saturated heterocycles. The monoisotopic (exact) mass is 428 g/mol. The van der Waals surface area contributed by atoms with Gasteiger partial charge in [0.05, 0.1) is 0 Å². The van der Waals surface area contributed by atoms with Gasteiger partial charge in [-0.3, -0.25) is 9.59 Å². The molecule has 0 spiro atoms. The molecule has 4 nitrogen and oxygen atoms in total. The average Bonchev–Trinajstić information content (AvgIpc) is 2.58. The number of thioether (sulfide) groups is 1. The molecule has 0 bridgehead atoms. The molecule has 6 heteroatoms. The molecule has 0 saturated carbocycles. The summed E-state index contributed by atoms with van der Waals surface area (Å²) in [5, 5.41) is 5.79. The quantitative estimate of drug-likeness (QED) is 0.514. The van der Waals surface area contributed by atoms with Crippen molar-refractivity contribution in [3.8, 4) is 0 Å². The van der Waals surface area contributed by atoms with E-state index in [4.69, 9.17) is 0 Å². The fraction of sp³-hybridized carbons (Fsp3) is 0.579. The normalized spacial score (nSPS) is 13.1. The summed E-state index contributed by atoms with van der Waals surface area (Å²) in [6.07, 6.45) is 4.53. The largest absolute Gasteiger partial charge is 0.354 e. The molecule has 1 aromatic rings. The van der Waals surface area contributed by atoms with Crippen molar-refractivity contribution in [3.63, 3.8) is 0 Å². The highest BCUT2D eigenvalue weighted by Crippen LogP contribution is 2.22. The van der Waals surface area contributed by atoms with Crippen LogP contribution in [0.1, 0.15) is 46.5 Å². The van der Waals surface area contributed by atoms with Gasteiger partial charge in [-0.2, -0.15) is 0 Å². The first-order valence-electron chi connectivity index (χ1n) is 8.89. The Balaban J connectivity index is 2.57. The second kappa shape index (κ2) is 12.4. The number of nitrogens with one attached hydrogen (secondary N) is 2. The summed E-state index contributed by atoms with van der Waals surface area (Å²) in [5.74, 6) is 0.716. The van der Waals surface area contributed by atoms with Crippen molar-refractivity contribution >= 4 is 39.5 Å². The predicted octanol–water partition coefficient (Wildman–Crippen LogP) is 4.38. The minimum Gasteiger partial charge on any atom is -0.354 e. The number of carbonyl (C=O) groups is 2. The van der Waals surface area contributed by atoms with E-state index in [9.17, 15) is 9.59 Å². The first-order valence-corrected chi connectivity index (χ1v) is 10.7. The number of halogens is 1. The molecule has 2 unspecified atom stereocenters. The molecule has 140 valence electrons. The van der Waals surface area contributed by atoms with Gasteiger partial charge in [0.1, 0.15) is 6.04 Å². The fourth-order valence-corrected chi connectivity index (χ4v) is 4.01. The van der Waals surface area contributed by atoms with Crippen LogP contribution >= 0.6 is 27.7 Å². The summed E-state index contributed by atoms with van der Waals surface area (Å²) in [6, 6.07) is 7.40. The zero-order valence-corrected chi connectivity index (χ0v) is 17.7. The van der Waals surface area contributed by atoms with Crippen LogP contribution in [0, 0.1) is 5.92 Å². The fourth-order valence-electron chi connectivity index (χ4n) is 2.48. The molecule has 2 amide bonds. The molecule has 25 heavy (non-hydrogen) atoms. The van der Waals surface area contributed by atoms with Gasteiger partial charge in [0.25, 0.3) is 0 Å². The third-order valence-corrected chi connectivity index (χ3v) is 5.60. The molecule has 2 atom stereocenters. The molecular formula is C19H29BrN2O2S. The number of carbonyl (C=O) groups excluding carboxylic acids is 2. The maximum absolute atomic E-state index is 12.5. The van der Waals surface area contributed by atoms with Crippen LogP contribution in [-0.2, 0) is 9.59 Å². The number of amides is 2. The standard InChI is InChI=1S/C19H29BrN2O2S/c1-4-6-8-15(5-2)12-21-19(24)18(22-14(3)23)13-25-17-10-7-9-16(20)11-17/h7,9-11,15,18H,4-6,8,12-13H2,1-3H3,(H,21,24)(H,22,23). The van der Waals surface area contributed by atoms with Gasteiger partial charge >= 0.3 is 0 Å².